The Balaban J connectivity index is 1.40. The Morgan fingerprint density at radius 2 is 2.00 bits per heavy atom. The maximum atomic E-state index is 12.2. The number of thiazole rings is 1. The SMILES string of the molecule is Cc1ccccc1-c1csc(=O)n1CCCOc1ccc2c(c1)OCO2. The number of ether oxygens (including phenoxy) is 3. The van der Waals surface area contributed by atoms with Gasteiger partial charge < -0.3 is 14.2 Å². The Labute approximate surface area is 155 Å². The Morgan fingerprint density at radius 1 is 1.15 bits per heavy atom. The normalized spacial score (nSPS) is 12.3. The molecule has 2 heterocycles. The van der Waals surface area contributed by atoms with Gasteiger partial charge in [-0.2, -0.15) is 0 Å². The first kappa shape index (κ1) is 16.7. The Hall–Kier alpha value is -2.73. The number of fused-ring (bicyclic) bond motifs is 1. The third kappa shape index (κ3) is 3.32. The summed E-state index contributed by atoms with van der Waals surface area (Å²) in [5.74, 6) is 2.19. The zero-order chi connectivity index (χ0) is 17.9. The van der Waals surface area contributed by atoms with Crippen LogP contribution >= 0.6 is 11.3 Å². The summed E-state index contributed by atoms with van der Waals surface area (Å²) in [6.07, 6.45) is 0.740. The lowest BCUT2D eigenvalue weighted by atomic mass is 10.1. The molecule has 0 saturated carbocycles. The van der Waals surface area contributed by atoms with Crippen LogP contribution < -0.4 is 19.1 Å². The molecule has 1 aliphatic heterocycles. The van der Waals surface area contributed by atoms with Crippen LogP contribution in [0.25, 0.3) is 11.3 Å². The minimum absolute atomic E-state index is 0.0614. The van der Waals surface area contributed by atoms with E-state index < -0.39 is 0 Å². The van der Waals surface area contributed by atoms with Gasteiger partial charge in [-0.05, 0) is 31.0 Å². The van der Waals surface area contributed by atoms with Crippen molar-refractivity contribution in [2.45, 2.75) is 19.9 Å². The molecule has 0 aliphatic carbocycles. The summed E-state index contributed by atoms with van der Waals surface area (Å²) in [5, 5.41) is 1.93. The van der Waals surface area contributed by atoms with Gasteiger partial charge in [-0.25, -0.2) is 0 Å². The van der Waals surface area contributed by atoms with E-state index in [1.165, 1.54) is 11.3 Å². The Kier molecular flexibility index (Phi) is 4.67. The van der Waals surface area contributed by atoms with Gasteiger partial charge in [0.1, 0.15) is 5.75 Å². The molecule has 0 fully saturated rings. The largest absolute Gasteiger partial charge is 0.493 e. The summed E-state index contributed by atoms with van der Waals surface area (Å²) in [7, 11) is 0. The van der Waals surface area contributed by atoms with Crippen molar-refractivity contribution in [2.75, 3.05) is 13.4 Å². The molecule has 2 aromatic carbocycles. The molecule has 0 atom stereocenters. The number of aryl methyl sites for hydroxylation is 1. The molecule has 134 valence electrons. The summed E-state index contributed by atoms with van der Waals surface area (Å²) < 4.78 is 18.3. The van der Waals surface area contributed by atoms with E-state index in [9.17, 15) is 4.79 Å². The van der Waals surface area contributed by atoms with Crippen LogP contribution in [0.5, 0.6) is 17.2 Å². The molecule has 3 aromatic rings. The van der Waals surface area contributed by atoms with Crippen molar-refractivity contribution in [3.8, 4) is 28.5 Å². The third-order valence-electron chi connectivity index (χ3n) is 4.34. The van der Waals surface area contributed by atoms with Gasteiger partial charge in [0.15, 0.2) is 11.5 Å². The fourth-order valence-electron chi connectivity index (χ4n) is 2.99. The van der Waals surface area contributed by atoms with E-state index in [1.807, 2.05) is 40.3 Å². The van der Waals surface area contributed by atoms with Crippen LogP contribution in [0.1, 0.15) is 12.0 Å². The quantitative estimate of drug-likeness (QED) is 0.614. The third-order valence-corrected chi connectivity index (χ3v) is 5.11. The van der Waals surface area contributed by atoms with E-state index >= 15 is 0 Å². The molecular weight excluding hydrogens is 350 g/mol. The summed E-state index contributed by atoms with van der Waals surface area (Å²) >= 11 is 1.24. The molecule has 0 spiro atoms. The summed E-state index contributed by atoms with van der Waals surface area (Å²) in [6, 6.07) is 13.7. The van der Waals surface area contributed by atoms with Gasteiger partial charge >= 0.3 is 4.87 Å². The minimum Gasteiger partial charge on any atom is -0.493 e. The Bertz CT molecular complexity index is 976. The smallest absolute Gasteiger partial charge is 0.307 e. The van der Waals surface area contributed by atoms with Crippen LogP contribution in [0, 0.1) is 6.92 Å². The highest BCUT2D eigenvalue weighted by atomic mass is 32.1. The fraction of sp³-hybridized carbons (Fsp3) is 0.250. The molecular formula is C20H19NO4S. The number of aromatic nitrogens is 1. The second-order valence-electron chi connectivity index (χ2n) is 6.07. The molecule has 5 nitrogen and oxygen atoms in total. The monoisotopic (exact) mass is 369 g/mol. The van der Waals surface area contributed by atoms with E-state index in [4.69, 9.17) is 14.2 Å². The lowest BCUT2D eigenvalue weighted by Gasteiger charge is -2.11. The van der Waals surface area contributed by atoms with Crippen LogP contribution in [-0.2, 0) is 6.54 Å². The van der Waals surface area contributed by atoms with Gasteiger partial charge in [0.2, 0.25) is 6.79 Å². The van der Waals surface area contributed by atoms with Crippen LogP contribution in [0.4, 0.5) is 0 Å². The van der Waals surface area contributed by atoms with E-state index in [-0.39, 0.29) is 11.7 Å². The first-order valence-corrected chi connectivity index (χ1v) is 9.37. The topological polar surface area (TPSA) is 49.7 Å². The molecule has 0 bridgehead atoms. The van der Waals surface area contributed by atoms with Crippen molar-refractivity contribution in [3.63, 3.8) is 0 Å². The maximum absolute atomic E-state index is 12.2. The zero-order valence-electron chi connectivity index (χ0n) is 14.4. The highest BCUT2D eigenvalue weighted by molar-refractivity contribution is 7.07. The fourth-order valence-corrected chi connectivity index (χ4v) is 3.78. The summed E-state index contributed by atoms with van der Waals surface area (Å²) in [6.45, 7) is 3.46. The first-order chi connectivity index (χ1) is 12.7. The molecule has 0 radical (unpaired) electrons. The lowest BCUT2D eigenvalue weighted by Crippen LogP contribution is -2.16. The predicted octanol–water partition coefficient (Wildman–Crippen LogP) is 4.08. The van der Waals surface area contributed by atoms with Crippen molar-refractivity contribution in [1.82, 2.24) is 4.57 Å². The minimum atomic E-state index is 0.0614. The maximum Gasteiger partial charge on any atom is 0.307 e. The van der Waals surface area contributed by atoms with Gasteiger partial charge in [0.05, 0.1) is 12.3 Å². The average molecular weight is 369 g/mol. The van der Waals surface area contributed by atoms with Gasteiger partial charge in [0, 0.05) is 23.6 Å². The summed E-state index contributed by atoms with van der Waals surface area (Å²) in [4.78, 5) is 12.3. The molecule has 6 heteroatoms. The zero-order valence-corrected chi connectivity index (χ0v) is 15.3. The molecule has 0 N–H and O–H groups in total. The molecule has 4 rings (SSSR count). The number of nitrogens with zero attached hydrogens (tertiary/aromatic N) is 1. The molecule has 0 unspecified atom stereocenters. The van der Waals surface area contributed by atoms with Crippen molar-refractivity contribution in [1.29, 1.82) is 0 Å². The van der Waals surface area contributed by atoms with E-state index in [0.29, 0.717) is 18.9 Å². The molecule has 1 aliphatic rings. The molecule has 26 heavy (non-hydrogen) atoms. The van der Waals surface area contributed by atoms with Crippen LogP contribution in [0.3, 0.4) is 0 Å². The van der Waals surface area contributed by atoms with Crippen molar-refractivity contribution >= 4 is 11.3 Å². The van der Waals surface area contributed by atoms with Gasteiger partial charge in [0.25, 0.3) is 0 Å². The standard InChI is InChI=1S/C20H19NO4S/c1-14-5-2-3-6-16(14)17-12-26-20(22)21(17)9-4-10-23-15-7-8-18-19(11-15)25-13-24-18/h2-3,5-8,11-12H,4,9-10,13H2,1H3. The number of rotatable bonds is 6. The number of hydrogen-bond acceptors (Lipinski definition) is 5. The van der Waals surface area contributed by atoms with E-state index in [2.05, 4.69) is 19.1 Å². The van der Waals surface area contributed by atoms with Gasteiger partial charge in [-0.15, -0.1) is 0 Å². The second-order valence-corrected chi connectivity index (χ2v) is 6.89. The van der Waals surface area contributed by atoms with Crippen LogP contribution in [-0.4, -0.2) is 18.0 Å². The lowest BCUT2D eigenvalue weighted by molar-refractivity contribution is 0.173. The van der Waals surface area contributed by atoms with Gasteiger partial charge in [-0.3, -0.25) is 9.36 Å². The van der Waals surface area contributed by atoms with Crippen LogP contribution in [0.2, 0.25) is 0 Å². The highest BCUT2D eigenvalue weighted by Crippen LogP contribution is 2.35. The molecule has 0 saturated heterocycles. The Morgan fingerprint density at radius 3 is 2.88 bits per heavy atom. The summed E-state index contributed by atoms with van der Waals surface area (Å²) in [5.41, 5.74) is 3.24. The first-order valence-electron chi connectivity index (χ1n) is 8.49. The molecule has 0 amide bonds. The van der Waals surface area contributed by atoms with Crippen molar-refractivity contribution in [2.24, 2.45) is 0 Å². The number of benzene rings is 2. The second kappa shape index (κ2) is 7.25. The van der Waals surface area contributed by atoms with Crippen LogP contribution in [0.15, 0.2) is 52.6 Å². The van der Waals surface area contributed by atoms with Crippen molar-refractivity contribution < 1.29 is 14.2 Å². The highest BCUT2D eigenvalue weighted by Gasteiger charge is 2.14. The number of hydrogen-bond donors (Lipinski definition) is 0. The molecule has 1 aromatic heterocycles. The van der Waals surface area contributed by atoms with Crippen molar-refractivity contribution in [3.05, 3.63) is 63.1 Å². The van der Waals surface area contributed by atoms with Gasteiger partial charge in [-0.1, -0.05) is 35.6 Å². The van der Waals surface area contributed by atoms with E-state index in [1.54, 1.807) is 0 Å². The predicted molar refractivity (Wildman–Crippen MR) is 101 cm³/mol. The average Bonchev–Trinajstić information content (AvgIpc) is 3.25. The van der Waals surface area contributed by atoms with E-state index in [0.717, 1.165) is 34.7 Å².